The Morgan fingerprint density at radius 1 is 0.923 bits per heavy atom. The molecule has 0 saturated heterocycles. The van der Waals surface area contributed by atoms with Gasteiger partial charge in [0.05, 0.1) is 19.6 Å². The lowest BCUT2D eigenvalue weighted by atomic mass is 10.1. The first-order valence-corrected chi connectivity index (χ1v) is 8.69. The van der Waals surface area contributed by atoms with Crippen molar-refractivity contribution < 1.29 is 14.3 Å². The maximum Gasteiger partial charge on any atom is 0.243 e. The molecule has 0 aliphatic carbocycles. The molecule has 0 radical (unpaired) electrons. The number of hydrogen-bond donors (Lipinski definition) is 2. The number of carbonyl (C=O) groups excluding carboxylic acids is 2. The minimum atomic E-state index is -0.244. The van der Waals surface area contributed by atoms with E-state index in [4.69, 9.17) is 4.74 Å². The number of anilines is 1. The molecular weight excluding hydrogens is 328 g/mol. The van der Waals surface area contributed by atoms with Crippen LogP contribution < -0.4 is 15.4 Å². The minimum Gasteiger partial charge on any atom is -0.493 e. The average Bonchev–Trinajstić information content (AvgIpc) is 2.59. The molecule has 2 amide bonds. The Balaban J connectivity index is 1.74. The van der Waals surface area contributed by atoms with E-state index in [0.29, 0.717) is 0 Å². The van der Waals surface area contributed by atoms with Gasteiger partial charge in [-0.3, -0.25) is 9.59 Å². The van der Waals surface area contributed by atoms with Crippen molar-refractivity contribution in [3.63, 3.8) is 0 Å². The smallest absolute Gasteiger partial charge is 0.243 e. The molecule has 0 aromatic heterocycles. The molecule has 5 heteroatoms. The second-order valence-corrected chi connectivity index (χ2v) is 6.46. The molecule has 0 aliphatic heterocycles. The Morgan fingerprint density at radius 2 is 1.62 bits per heavy atom. The van der Waals surface area contributed by atoms with Gasteiger partial charge in [-0.15, -0.1) is 0 Å². The van der Waals surface area contributed by atoms with E-state index in [1.54, 1.807) is 0 Å². The zero-order valence-corrected chi connectivity index (χ0v) is 15.8. The van der Waals surface area contributed by atoms with Crippen LogP contribution in [-0.2, 0) is 9.59 Å². The van der Waals surface area contributed by atoms with Crippen LogP contribution in [0.2, 0.25) is 0 Å². The summed E-state index contributed by atoms with van der Waals surface area (Å²) in [6.07, 6.45) is 0.198. The summed E-state index contributed by atoms with van der Waals surface area (Å²) in [6.45, 7) is 8.04. The monoisotopic (exact) mass is 354 g/mol. The molecule has 2 N–H and O–H groups in total. The van der Waals surface area contributed by atoms with E-state index in [1.807, 2.05) is 64.1 Å². The standard InChI is InChI=1S/C21H26N2O3/c1-14-8-9-15(2)18(12-14)26-11-10-19(24)22-13-20(25)23-21-16(3)6-5-7-17(21)4/h5-9,12H,10-11,13H2,1-4H3,(H,22,24)(H,23,25). The lowest BCUT2D eigenvalue weighted by molar-refractivity contribution is -0.124. The third-order valence-electron chi connectivity index (χ3n) is 4.12. The summed E-state index contributed by atoms with van der Waals surface area (Å²) < 4.78 is 5.66. The lowest BCUT2D eigenvalue weighted by Crippen LogP contribution is -2.33. The summed E-state index contributed by atoms with van der Waals surface area (Å²) >= 11 is 0. The van der Waals surface area contributed by atoms with Crippen molar-refractivity contribution in [3.8, 4) is 5.75 Å². The van der Waals surface area contributed by atoms with Crippen molar-refractivity contribution in [2.45, 2.75) is 34.1 Å². The van der Waals surface area contributed by atoms with Crippen molar-refractivity contribution in [1.29, 1.82) is 0 Å². The molecule has 2 rings (SSSR count). The van der Waals surface area contributed by atoms with Gasteiger partial charge in [-0.25, -0.2) is 0 Å². The van der Waals surface area contributed by atoms with E-state index in [2.05, 4.69) is 10.6 Å². The number of ether oxygens (including phenoxy) is 1. The second kappa shape index (κ2) is 9.04. The SMILES string of the molecule is Cc1ccc(C)c(OCCC(=O)NCC(=O)Nc2c(C)cccc2C)c1. The predicted octanol–water partition coefficient (Wildman–Crippen LogP) is 3.44. The summed E-state index contributed by atoms with van der Waals surface area (Å²) in [5, 5.41) is 5.47. The van der Waals surface area contributed by atoms with Crippen LogP contribution in [0.5, 0.6) is 5.75 Å². The van der Waals surface area contributed by atoms with E-state index in [0.717, 1.165) is 33.7 Å². The molecule has 0 saturated carbocycles. The van der Waals surface area contributed by atoms with Gasteiger partial charge in [-0.2, -0.15) is 0 Å². The number of aryl methyl sites for hydroxylation is 4. The normalized spacial score (nSPS) is 10.3. The van der Waals surface area contributed by atoms with Gasteiger partial charge in [0.15, 0.2) is 0 Å². The number of rotatable bonds is 7. The molecule has 5 nitrogen and oxygen atoms in total. The summed E-state index contributed by atoms with van der Waals surface area (Å²) in [4.78, 5) is 23.9. The fraction of sp³-hybridized carbons (Fsp3) is 0.333. The molecule has 0 atom stereocenters. The summed E-state index contributed by atoms with van der Waals surface area (Å²) in [7, 11) is 0. The molecule has 2 aromatic rings. The minimum absolute atomic E-state index is 0.0594. The van der Waals surface area contributed by atoms with Crippen LogP contribution in [0.15, 0.2) is 36.4 Å². The lowest BCUT2D eigenvalue weighted by Gasteiger charge is -2.12. The van der Waals surface area contributed by atoms with Crippen molar-refractivity contribution in [2.24, 2.45) is 0 Å². The molecular formula is C21H26N2O3. The fourth-order valence-corrected chi connectivity index (χ4v) is 2.58. The molecule has 0 heterocycles. The van der Waals surface area contributed by atoms with Crippen LogP contribution in [0.1, 0.15) is 28.7 Å². The van der Waals surface area contributed by atoms with Crippen molar-refractivity contribution in [3.05, 3.63) is 58.7 Å². The van der Waals surface area contributed by atoms with Gasteiger partial charge in [0.25, 0.3) is 0 Å². The van der Waals surface area contributed by atoms with Crippen LogP contribution in [0, 0.1) is 27.7 Å². The maximum absolute atomic E-state index is 12.0. The van der Waals surface area contributed by atoms with E-state index >= 15 is 0 Å². The molecule has 0 spiro atoms. The largest absolute Gasteiger partial charge is 0.493 e. The number of nitrogens with one attached hydrogen (secondary N) is 2. The third-order valence-corrected chi connectivity index (χ3v) is 4.12. The Morgan fingerprint density at radius 3 is 2.31 bits per heavy atom. The van der Waals surface area contributed by atoms with Gasteiger partial charge in [-0.05, 0) is 56.0 Å². The highest BCUT2D eigenvalue weighted by Crippen LogP contribution is 2.20. The van der Waals surface area contributed by atoms with Crippen LogP contribution >= 0.6 is 0 Å². The van der Waals surface area contributed by atoms with Crippen LogP contribution in [-0.4, -0.2) is 25.0 Å². The van der Waals surface area contributed by atoms with Gasteiger partial charge in [0, 0.05) is 5.69 Å². The maximum atomic E-state index is 12.0. The Bertz CT molecular complexity index is 780. The van der Waals surface area contributed by atoms with Gasteiger partial charge in [0.1, 0.15) is 5.75 Å². The zero-order valence-electron chi connectivity index (χ0n) is 15.8. The quantitative estimate of drug-likeness (QED) is 0.800. The predicted molar refractivity (Wildman–Crippen MR) is 104 cm³/mol. The van der Waals surface area contributed by atoms with E-state index in [9.17, 15) is 9.59 Å². The topological polar surface area (TPSA) is 67.4 Å². The van der Waals surface area contributed by atoms with E-state index < -0.39 is 0 Å². The second-order valence-electron chi connectivity index (χ2n) is 6.46. The van der Waals surface area contributed by atoms with Gasteiger partial charge in [0.2, 0.25) is 11.8 Å². The highest BCUT2D eigenvalue weighted by Gasteiger charge is 2.09. The molecule has 0 unspecified atom stereocenters. The molecule has 138 valence electrons. The summed E-state index contributed by atoms with van der Waals surface area (Å²) in [5.41, 5.74) is 4.92. The Hall–Kier alpha value is -2.82. The molecule has 0 aliphatic rings. The average molecular weight is 354 g/mol. The first kappa shape index (κ1) is 19.5. The van der Waals surface area contributed by atoms with Crippen LogP contribution in [0.4, 0.5) is 5.69 Å². The number of carbonyl (C=O) groups is 2. The van der Waals surface area contributed by atoms with E-state index in [1.165, 1.54) is 0 Å². The van der Waals surface area contributed by atoms with Crippen molar-refractivity contribution >= 4 is 17.5 Å². The highest BCUT2D eigenvalue weighted by molar-refractivity contribution is 5.95. The van der Waals surface area contributed by atoms with Crippen LogP contribution in [0.25, 0.3) is 0 Å². The third kappa shape index (κ3) is 5.62. The van der Waals surface area contributed by atoms with Gasteiger partial charge < -0.3 is 15.4 Å². The fourth-order valence-electron chi connectivity index (χ4n) is 2.58. The summed E-state index contributed by atoms with van der Waals surface area (Å²) in [5.74, 6) is 0.323. The first-order chi connectivity index (χ1) is 12.4. The number of para-hydroxylation sites is 1. The Kier molecular flexibility index (Phi) is 6.78. The summed E-state index contributed by atoms with van der Waals surface area (Å²) in [6, 6.07) is 11.8. The number of benzene rings is 2. The molecule has 26 heavy (non-hydrogen) atoms. The molecule has 2 aromatic carbocycles. The number of hydrogen-bond acceptors (Lipinski definition) is 3. The highest BCUT2D eigenvalue weighted by atomic mass is 16.5. The molecule has 0 fully saturated rings. The Labute approximate surface area is 154 Å². The molecule has 0 bridgehead atoms. The van der Waals surface area contributed by atoms with E-state index in [-0.39, 0.29) is 31.4 Å². The van der Waals surface area contributed by atoms with Crippen LogP contribution in [0.3, 0.4) is 0 Å². The number of amides is 2. The first-order valence-electron chi connectivity index (χ1n) is 8.69. The zero-order chi connectivity index (χ0) is 19.1. The van der Waals surface area contributed by atoms with Gasteiger partial charge >= 0.3 is 0 Å². The van der Waals surface area contributed by atoms with Gasteiger partial charge in [-0.1, -0.05) is 30.3 Å². The van der Waals surface area contributed by atoms with Crippen molar-refractivity contribution in [2.75, 3.05) is 18.5 Å². The van der Waals surface area contributed by atoms with Crippen molar-refractivity contribution in [1.82, 2.24) is 5.32 Å².